The minimum atomic E-state index is -2.29. The summed E-state index contributed by atoms with van der Waals surface area (Å²) in [6, 6.07) is 18.7. The maximum atomic E-state index is 14.6. The third kappa shape index (κ3) is 4.62. The summed E-state index contributed by atoms with van der Waals surface area (Å²) in [5.74, 6) is 1.97. The molecule has 0 radical (unpaired) electrons. The van der Waals surface area contributed by atoms with Gasteiger partial charge in [-0.05, 0) is 73.9 Å². The van der Waals surface area contributed by atoms with Crippen molar-refractivity contribution in [2.75, 3.05) is 14.2 Å². The highest BCUT2D eigenvalue weighted by atomic mass is 31.1. The van der Waals surface area contributed by atoms with Gasteiger partial charge in [-0.15, -0.1) is 0 Å². The van der Waals surface area contributed by atoms with E-state index < -0.39 is 13.2 Å². The average molecular weight is 534 g/mol. The minimum Gasteiger partial charge on any atom is -0.496 e. The molecule has 0 saturated heterocycles. The minimum absolute atomic E-state index is 0.107. The first-order chi connectivity index (χ1) is 17.5. The van der Waals surface area contributed by atoms with Crippen LogP contribution in [0.5, 0.6) is 17.2 Å². The van der Waals surface area contributed by atoms with Gasteiger partial charge in [0.15, 0.2) is 5.75 Å². The Kier molecular flexibility index (Phi) is 6.98. The van der Waals surface area contributed by atoms with Crippen molar-refractivity contribution in [3.8, 4) is 17.2 Å². The number of rotatable bonds is 4. The van der Waals surface area contributed by atoms with Crippen LogP contribution in [-0.2, 0) is 26.0 Å². The molecule has 0 N–H and O–H groups in total. The van der Waals surface area contributed by atoms with Crippen LogP contribution in [-0.4, -0.2) is 14.2 Å². The van der Waals surface area contributed by atoms with Crippen molar-refractivity contribution in [2.45, 2.75) is 83.7 Å². The molecule has 0 fully saturated rings. The lowest BCUT2D eigenvalue weighted by molar-refractivity contribution is 0.397. The summed E-state index contributed by atoms with van der Waals surface area (Å²) in [6.07, 6.45) is 0. The van der Waals surface area contributed by atoms with Gasteiger partial charge in [-0.2, -0.15) is 0 Å². The second-order valence-corrected chi connectivity index (χ2v) is 14.7. The van der Waals surface area contributed by atoms with E-state index in [0.29, 0.717) is 17.2 Å². The standard InChI is InChI=1S/C33H42O4P/c1-30(2,3)21-12-15-27(35-10)24(18-21)33(25-19-22(31(4,5)6)13-16-28(25)36-11)26-20-23(32(7,8)9)14-17-29(26)37-38(33)34/h12-20H,1-11H3/q+1. The Hall–Kier alpha value is -2.84. The van der Waals surface area contributed by atoms with Gasteiger partial charge in [0.1, 0.15) is 11.5 Å². The van der Waals surface area contributed by atoms with Crippen LogP contribution in [0.3, 0.4) is 0 Å². The molecule has 4 rings (SSSR count). The molecule has 0 bridgehead atoms. The molecule has 38 heavy (non-hydrogen) atoms. The molecule has 1 aliphatic heterocycles. The quantitative estimate of drug-likeness (QED) is 0.314. The van der Waals surface area contributed by atoms with Gasteiger partial charge in [0.05, 0.1) is 30.9 Å². The highest BCUT2D eigenvalue weighted by Crippen LogP contribution is 2.67. The predicted molar refractivity (Wildman–Crippen MR) is 157 cm³/mol. The number of fused-ring (bicyclic) bond motifs is 1. The molecule has 202 valence electrons. The number of hydrogen-bond donors (Lipinski definition) is 0. The van der Waals surface area contributed by atoms with Crippen LogP contribution >= 0.6 is 8.03 Å². The van der Waals surface area contributed by atoms with Crippen LogP contribution in [0.1, 0.15) is 95.7 Å². The van der Waals surface area contributed by atoms with Gasteiger partial charge in [0.2, 0.25) is 0 Å². The number of benzene rings is 3. The smallest absolute Gasteiger partial charge is 0.496 e. The predicted octanol–water partition coefficient (Wildman–Crippen LogP) is 9.02. The number of ether oxygens (including phenoxy) is 2. The Bertz CT molecular complexity index is 1320. The zero-order valence-corrected chi connectivity index (χ0v) is 25.7. The number of methoxy groups -OCH3 is 2. The molecule has 0 amide bonds. The largest absolute Gasteiger partial charge is 0.577 e. The first-order valence-electron chi connectivity index (χ1n) is 13.2. The summed E-state index contributed by atoms with van der Waals surface area (Å²) in [7, 11) is 1.05. The molecule has 3 aromatic carbocycles. The van der Waals surface area contributed by atoms with Gasteiger partial charge in [-0.1, -0.05) is 80.5 Å². The van der Waals surface area contributed by atoms with Crippen LogP contribution in [0.25, 0.3) is 0 Å². The fourth-order valence-corrected chi connectivity index (χ4v) is 6.75. The molecule has 5 heteroatoms. The van der Waals surface area contributed by atoms with Crippen molar-refractivity contribution >= 4 is 8.03 Å². The van der Waals surface area contributed by atoms with Crippen LogP contribution in [0.4, 0.5) is 0 Å². The summed E-state index contributed by atoms with van der Waals surface area (Å²) in [6.45, 7) is 19.7. The van der Waals surface area contributed by atoms with E-state index in [0.717, 1.165) is 33.4 Å². The van der Waals surface area contributed by atoms with Crippen molar-refractivity contribution < 1.29 is 18.6 Å². The highest BCUT2D eigenvalue weighted by Gasteiger charge is 2.66. The molecule has 4 nitrogen and oxygen atoms in total. The maximum absolute atomic E-state index is 14.6. The van der Waals surface area contributed by atoms with E-state index in [1.54, 1.807) is 14.2 Å². The average Bonchev–Trinajstić information content (AvgIpc) is 3.12. The second-order valence-electron chi connectivity index (χ2n) is 13.3. The van der Waals surface area contributed by atoms with E-state index >= 15 is 0 Å². The van der Waals surface area contributed by atoms with Gasteiger partial charge in [-0.25, -0.2) is 0 Å². The van der Waals surface area contributed by atoms with Crippen molar-refractivity contribution in [3.63, 3.8) is 0 Å². The van der Waals surface area contributed by atoms with E-state index in [2.05, 4.69) is 98.7 Å². The molecule has 1 aliphatic rings. The Morgan fingerprint density at radius 3 is 1.34 bits per heavy atom. The molecule has 1 atom stereocenters. The molecule has 0 saturated carbocycles. The molecule has 1 unspecified atom stereocenters. The third-order valence-electron chi connectivity index (χ3n) is 7.60. The van der Waals surface area contributed by atoms with Crippen molar-refractivity contribution in [1.29, 1.82) is 0 Å². The van der Waals surface area contributed by atoms with Crippen LogP contribution < -0.4 is 14.0 Å². The lowest BCUT2D eigenvalue weighted by Gasteiger charge is -2.29. The van der Waals surface area contributed by atoms with E-state index in [1.165, 1.54) is 0 Å². The maximum Gasteiger partial charge on any atom is 0.577 e. The van der Waals surface area contributed by atoms with Crippen molar-refractivity contribution in [1.82, 2.24) is 0 Å². The SMILES string of the molecule is COc1ccc(C(C)(C)C)cc1C1(c2cc(C(C)(C)C)ccc2OC)c2cc(C(C)(C)C)ccc2O[P+]1=O. The molecule has 0 aliphatic carbocycles. The van der Waals surface area contributed by atoms with Gasteiger partial charge >= 0.3 is 8.03 Å². The number of hydrogen-bond acceptors (Lipinski definition) is 4. The Morgan fingerprint density at radius 1 is 0.605 bits per heavy atom. The fourth-order valence-electron chi connectivity index (χ4n) is 5.16. The van der Waals surface area contributed by atoms with E-state index in [1.807, 2.05) is 18.2 Å². The van der Waals surface area contributed by atoms with Crippen LogP contribution in [0.2, 0.25) is 0 Å². The third-order valence-corrected chi connectivity index (χ3v) is 9.23. The summed E-state index contributed by atoms with van der Waals surface area (Å²) in [4.78, 5) is 0. The van der Waals surface area contributed by atoms with E-state index in [9.17, 15) is 4.57 Å². The van der Waals surface area contributed by atoms with Gasteiger partial charge < -0.3 is 9.47 Å². The lowest BCUT2D eigenvalue weighted by Crippen LogP contribution is -2.27. The topological polar surface area (TPSA) is 44.8 Å². The first-order valence-corrected chi connectivity index (χ1v) is 14.4. The van der Waals surface area contributed by atoms with Crippen LogP contribution in [0, 0.1) is 0 Å². The Balaban J connectivity index is 2.24. The molecular weight excluding hydrogens is 491 g/mol. The first kappa shape index (κ1) is 28.2. The second kappa shape index (κ2) is 9.42. The fraction of sp³-hybridized carbons (Fsp3) is 0.455. The van der Waals surface area contributed by atoms with Gasteiger partial charge in [0, 0.05) is 0 Å². The molecule has 0 aromatic heterocycles. The Morgan fingerprint density at radius 2 is 0.974 bits per heavy atom. The summed E-state index contributed by atoms with van der Waals surface area (Å²) in [5, 5.41) is -1.13. The zero-order valence-electron chi connectivity index (χ0n) is 24.8. The summed E-state index contributed by atoms with van der Waals surface area (Å²) in [5.41, 5.74) is 5.56. The Labute approximate surface area is 229 Å². The van der Waals surface area contributed by atoms with Gasteiger partial charge in [0.25, 0.3) is 5.16 Å². The van der Waals surface area contributed by atoms with Crippen molar-refractivity contribution in [2.24, 2.45) is 0 Å². The molecule has 1 heterocycles. The monoisotopic (exact) mass is 533 g/mol. The normalized spacial score (nSPS) is 16.1. The lowest BCUT2D eigenvalue weighted by atomic mass is 9.75. The van der Waals surface area contributed by atoms with Crippen LogP contribution in [0.15, 0.2) is 54.6 Å². The summed E-state index contributed by atoms with van der Waals surface area (Å²) < 4.78 is 32.8. The van der Waals surface area contributed by atoms with E-state index in [4.69, 9.17) is 14.0 Å². The van der Waals surface area contributed by atoms with Crippen molar-refractivity contribution in [3.05, 3.63) is 88.0 Å². The molecule has 0 spiro atoms. The van der Waals surface area contributed by atoms with Gasteiger partial charge in [-0.3, -0.25) is 4.52 Å². The van der Waals surface area contributed by atoms with E-state index in [-0.39, 0.29) is 16.2 Å². The highest BCUT2D eigenvalue weighted by molar-refractivity contribution is 7.42. The summed E-state index contributed by atoms with van der Waals surface area (Å²) >= 11 is 0. The zero-order chi connectivity index (χ0) is 28.3. The molecular formula is C33H42O4P+. The molecule has 3 aromatic rings.